The molecule has 1 amide bonds. The monoisotopic (exact) mass is 259 g/mol. The summed E-state index contributed by atoms with van der Waals surface area (Å²) in [5.41, 5.74) is 9.22. The number of amides is 1. The van der Waals surface area contributed by atoms with Gasteiger partial charge in [0.25, 0.3) is 0 Å². The molecule has 4 nitrogen and oxygen atoms in total. The largest absolute Gasteiger partial charge is 0.382 e. The van der Waals surface area contributed by atoms with Crippen molar-refractivity contribution in [2.24, 2.45) is 5.73 Å². The summed E-state index contributed by atoms with van der Waals surface area (Å²) in [6, 6.07) is 7.13. The highest BCUT2D eigenvalue weighted by atomic mass is 16.2. The van der Waals surface area contributed by atoms with Crippen LogP contribution < -0.4 is 16.0 Å². The maximum atomic E-state index is 11.7. The molecule has 0 bridgehead atoms. The number of anilines is 2. The third-order valence-electron chi connectivity index (χ3n) is 4.30. The lowest BCUT2D eigenvalue weighted by Crippen LogP contribution is -2.32. The van der Waals surface area contributed by atoms with Crippen LogP contribution in [0.2, 0.25) is 0 Å². The van der Waals surface area contributed by atoms with E-state index < -0.39 is 0 Å². The van der Waals surface area contributed by atoms with Crippen LogP contribution in [0.15, 0.2) is 18.2 Å². The van der Waals surface area contributed by atoms with E-state index in [2.05, 4.69) is 17.4 Å². The van der Waals surface area contributed by atoms with E-state index in [1.165, 1.54) is 0 Å². The van der Waals surface area contributed by atoms with Gasteiger partial charge in [0.15, 0.2) is 0 Å². The van der Waals surface area contributed by atoms with Crippen molar-refractivity contribution in [3.05, 3.63) is 23.8 Å². The van der Waals surface area contributed by atoms with Crippen LogP contribution in [-0.4, -0.2) is 25.0 Å². The first-order chi connectivity index (χ1) is 9.13. The quantitative estimate of drug-likeness (QED) is 0.852. The van der Waals surface area contributed by atoms with E-state index in [1.54, 1.807) is 4.90 Å². The minimum Gasteiger partial charge on any atom is -0.382 e. The Labute approximate surface area is 114 Å². The lowest BCUT2D eigenvalue weighted by molar-refractivity contribution is -0.117. The molecule has 0 unspecified atom stereocenters. The van der Waals surface area contributed by atoms with Crippen molar-refractivity contribution in [3.8, 4) is 0 Å². The van der Waals surface area contributed by atoms with Crippen molar-refractivity contribution in [1.29, 1.82) is 0 Å². The van der Waals surface area contributed by atoms with Crippen LogP contribution in [-0.2, 0) is 11.2 Å². The number of nitrogens with zero attached hydrogens (tertiary/aromatic N) is 1. The molecule has 2 aliphatic rings. The SMILES string of the molecule is CN1C(=O)Cc2cc(NC3CCC(N)CC3)ccc21. The molecule has 19 heavy (non-hydrogen) atoms. The lowest BCUT2D eigenvalue weighted by atomic mass is 9.91. The van der Waals surface area contributed by atoms with Gasteiger partial charge in [-0.3, -0.25) is 4.79 Å². The standard InChI is InChI=1S/C15H21N3O/c1-18-14-7-6-13(8-10(14)9-15(18)19)17-12-4-2-11(16)3-5-12/h6-8,11-12,17H,2-5,9,16H2,1H3. The Morgan fingerprint density at radius 1 is 1.26 bits per heavy atom. The van der Waals surface area contributed by atoms with Gasteiger partial charge in [0, 0.05) is 30.5 Å². The van der Waals surface area contributed by atoms with Gasteiger partial charge in [-0.05, 0) is 49.4 Å². The number of carbonyl (C=O) groups is 1. The van der Waals surface area contributed by atoms with Gasteiger partial charge in [-0.1, -0.05) is 0 Å². The highest BCUT2D eigenvalue weighted by Crippen LogP contribution is 2.31. The van der Waals surface area contributed by atoms with Gasteiger partial charge in [-0.2, -0.15) is 0 Å². The van der Waals surface area contributed by atoms with E-state index >= 15 is 0 Å². The van der Waals surface area contributed by atoms with E-state index in [-0.39, 0.29) is 5.91 Å². The summed E-state index contributed by atoms with van der Waals surface area (Å²) in [6.45, 7) is 0. The van der Waals surface area contributed by atoms with Gasteiger partial charge in [0.2, 0.25) is 5.91 Å². The number of rotatable bonds is 2. The van der Waals surface area contributed by atoms with Crippen LogP contribution in [0.1, 0.15) is 31.2 Å². The Bertz CT molecular complexity index is 492. The summed E-state index contributed by atoms with van der Waals surface area (Å²) in [6.07, 6.45) is 5.00. The minimum atomic E-state index is 0.177. The van der Waals surface area contributed by atoms with Crippen LogP contribution in [0.25, 0.3) is 0 Å². The summed E-state index contributed by atoms with van der Waals surface area (Å²) in [4.78, 5) is 13.4. The maximum absolute atomic E-state index is 11.7. The molecule has 1 aromatic carbocycles. The molecule has 4 heteroatoms. The van der Waals surface area contributed by atoms with Gasteiger partial charge in [0.05, 0.1) is 6.42 Å². The molecule has 1 saturated carbocycles. The molecule has 1 aliphatic carbocycles. The second-order valence-electron chi connectivity index (χ2n) is 5.73. The maximum Gasteiger partial charge on any atom is 0.231 e. The number of carbonyl (C=O) groups excluding carboxylic acids is 1. The van der Waals surface area contributed by atoms with Crippen LogP contribution >= 0.6 is 0 Å². The molecule has 0 radical (unpaired) electrons. The summed E-state index contributed by atoms with van der Waals surface area (Å²) < 4.78 is 0. The first-order valence-corrected chi connectivity index (χ1v) is 7.05. The molecule has 102 valence electrons. The molecular formula is C15H21N3O. The number of nitrogens with one attached hydrogen (secondary N) is 1. The fourth-order valence-electron chi connectivity index (χ4n) is 3.06. The molecule has 1 heterocycles. The number of nitrogens with two attached hydrogens (primary N) is 1. The summed E-state index contributed by atoms with van der Waals surface area (Å²) in [5.74, 6) is 0.177. The molecule has 0 saturated heterocycles. The molecule has 1 aromatic rings. The van der Waals surface area contributed by atoms with Gasteiger partial charge in [0.1, 0.15) is 0 Å². The number of hydrogen-bond donors (Lipinski definition) is 2. The smallest absolute Gasteiger partial charge is 0.231 e. The van der Waals surface area contributed by atoms with Crippen molar-refractivity contribution in [1.82, 2.24) is 0 Å². The topological polar surface area (TPSA) is 58.4 Å². The first kappa shape index (κ1) is 12.5. The van der Waals surface area contributed by atoms with Crippen LogP contribution in [0.5, 0.6) is 0 Å². The van der Waals surface area contributed by atoms with E-state index in [0.717, 1.165) is 42.6 Å². The fraction of sp³-hybridized carbons (Fsp3) is 0.533. The minimum absolute atomic E-state index is 0.177. The van der Waals surface area contributed by atoms with Crippen LogP contribution in [0.3, 0.4) is 0 Å². The number of likely N-dealkylation sites (N-methyl/N-ethyl adjacent to an activating group) is 1. The van der Waals surface area contributed by atoms with Gasteiger partial charge in [-0.25, -0.2) is 0 Å². The predicted molar refractivity (Wildman–Crippen MR) is 77.4 cm³/mol. The zero-order chi connectivity index (χ0) is 13.4. The van der Waals surface area contributed by atoms with E-state index in [1.807, 2.05) is 13.1 Å². The van der Waals surface area contributed by atoms with Gasteiger partial charge < -0.3 is 16.0 Å². The van der Waals surface area contributed by atoms with Crippen molar-refractivity contribution in [3.63, 3.8) is 0 Å². The molecule has 1 aliphatic heterocycles. The molecule has 0 spiro atoms. The summed E-state index contributed by atoms with van der Waals surface area (Å²) in [5, 5.41) is 3.58. The Hall–Kier alpha value is -1.55. The zero-order valence-electron chi connectivity index (χ0n) is 11.4. The lowest BCUT2D eigenvalue weighted by Gasteiger charge is -2.27. The highest BCUT2D eigenvalue weighted by Gasteiger charge is 2.24. The molecule has 0 atom stereocenters. The average Bonchev–Trinajstić information content (AvgIpc) is 2.68. The van der Waals surface area contributed by atoms with Crippen LogP contribution in [0, 0.1) is 0 Å². The van der Waals surface area contributed by atoms with Crippen molar-refractivity contribution in [2.75, 3.05) is 17.3 Å². The number of fused-ring (bicyclic) bond motifs is 1. The fourth-order valence-corrected chi connectivity index (χ4v) is 3.06. The molecule has 3 N–H and O–H groups in total. The Morgan fingerprint density at radius 3 is 2.74 bits per heavy atom. The third kappa shape index (κ3) is 2.45. The number of hydrogen-bond acceptors (Lipinski definition) is 3. The highest BCUT2D eigenvalue weighted by molar-refractivity contribution is 6.01. The zero-order valence-corrected chi connectivity index (χ0v) is 11.4. The summed E-state index contributed by atoms with van der Waals surface area (Å²) in [7, 11) is 1.84. The van der Waals surface area contributed by atoms with Crippen molar-refractivity contribution in [2.45, 2.75) is 44.2 Å². The summed E-state index contributed by atoms with van der Waals surface area (Å²) >= 11 is 0. The normalized spacial score (nSPS) is 26.4. The second-order valence-corrected chi connectivity index (χ2v) is 5.73. The molecular weight excluding hydrogens is 238 g/mol. The predicted octanol–water partition coefficient (Wildman–Crippen LogP) is 1.89. The average molecular weight is 259 g/mol. The van der Waals surface area contributed by atoms with Gasteiger partial charge in [-0.15, -0.1) is 0 Å². The van der Waals surface area contributed by atoms with Crippen LogP contribution in [0.4, 0.5) is 11.4 Å². The number of benzene rings is 1. The van der Waals surface area contributed by atoms with E-state index in [9.17, 15) is 4.79 Å². The van der Waals surface area contributed by atoms with Crippen molar-refractivity contribution >= 4 is 17.3 Å². The Kier molecular flexibility index (Phi) is 3.19. The van der Waals surface area contributed by atoms with E-state index in [4.69, 9.17) is 5.73 Å². The molecule has 3 rings (SSSR count). The van der Waals surface area contributed by atoms with Crippen molar-refractivity contribution < 1.29 is 4.79 Å². The third-order valence-corrected chi connectivity index (χ3v) is 4.30. The Morgan fingerprint density at radius 2 is 2.00 bits per heavy atom. The molecule has 1 fully saturated rings. The molecule has 0 aromatic heterocycles. The Balaban J connectivity index is 1.70. The second kappa shape index (κ2) is 4.85. The van der Waals surface area contributed by atoms with E-state index in [0.29, 0.717) is 18.5 Å². The van der Waals surface area contributed by atoms with Gasteiger partial charge >= 0.3 is 0 Å². The first-order valence-electron chi connectivity index (χ1n) is 7.05.